The zero-order chi connectivity index (χ0) is 12.3. The van der Waals surface area contributed by atoms with E-state index < -0.39 is 8.80 Å². The van der Waals surface area contributed by atoms with Crippen molar-refractivity contribution in [3.63, 3.8) is 0 Å². The molecule has 0 aliphatic rings. The average molecular weight is 234 g/mol. The summed E-state index contributed by atoms with van der Waals surface area (Å²) in [6.07, 6.45) is 0. The normalized spacial score (nSPS) is 15.8. The molecule has 0 aromatic heterocycles. The maximum absolute atomic E-state index is 5.57. The van der Waals surface area contributed by atoms with Crippen LogP contribution in [0.2, 0.25) is 5.04 Å². The van der Waals surface area contributed by atoms with Gasteiger partial charge in [0, 0.05) is 26.4 Å². The van der Waals surface area contributed by atoms with Gasteiger partial charge in [-0.3, -0.25) is 0 Å². The minimum atomic E-state index is -2.57. The molecule has 0 fully saturated rings. The van der Waals surface area contributed by atoms with Crippen LogP contribution in [-0.2, 0) is 13.3 Å². The largest absolute Gasteiger partial charge is 0.506 e. The van der Waals surface area contributed by atoms with Gasteiger partial charge in [0.2, 0.25) is 0 Å². The van der Waals surface area contributed by atoms with Crippen molar-refractivity contribution in [2.24, 2.45) is 11.8 Å². The van der Waals surface area contributed by atoms with Crippen molar-refractivity contribution in [1.82, 2.24) is 0 Å². The van der Waals surface area contributed by atoms with Crippen molar-refractivity contribution in [2.45, 2.75) is 39.7 Å². The second-order valence-corrected chi connectivity index (χ2v) is 8.55. The van der Waals surface area contributed by atoms with E-state index in [1.165, 1.54) is 0 Å². The third kappa shape index (κ3) is 2.61. The highest BCUT2D eigenvalue weighted by Gasteiger charge is 2.56. The van der Waals surface area contributed by atoms with Crippen LogP contribution in [0.1, 0.15) is 34.6 Å². The molecule has 1 unspecified atom stereocenters. The maximum atomic E-state index is 5.57. The van der Waals surface area contributed by atoms with Gasteiger partial charge in [0.05, 0.1) is 0 Å². The molecule has 92 valence electrons. The van der Waals surface area contributed by atoms with Crippen LogP contribution < -0.4 is 0 Å². The molecule has 0 radical (unpaired) electrons. The Morgan fingerprint density at radius 2 is 1.20 bits per heavy atom. The van der Waals surface area contributed by atoms with Gasteiger partial charge in [-0.15, -0.1) is 0 Å². The fourth-order valence-electron chi connectivity index (χ4n) is 2.15. The van der Waals surface area contributed by atoms with Crippen LogP contribution in [0, 0.1) is 11.8 Å². The molecule has 0 N–H and O–H groups in total. The molecule has 0 aromatic carbocycles. The summed E-state index contributed by atoms with van der Waals surface area (Å²) in [5, 5.41) is -0.0839. The lowest BCUT2D eigenvalue weighted by Crippen LogP contribution is -2.55. The summed E-state index contributed by atoms with van der Waals surface area (Å²) >= 11 is 0. The van der Waals surface area contributed by atoms with E-state index in [-0.39, 0.29) is 5.04 Å². The highest BCUT2D eigenvalue weighted by atomic mass is 28.4. The van der Waals surface area contributed by atoms with Crippen molar-refractivity contribution < 1.29 is 13.3 Å². The van der Waals surface area contributed by atoms with Gasteiger partial charge in [-0.05, 0) is 11.8 Å². The SMILES string of the molecule is CO[Si](OC)(OC)C(C)(C)C(C)C(C)C. The minimum absolute atomic E-state index is 0.0839. The molecular weight excluding hydrogens is 208 g/mol. The molecule has 0 aromatic rings. The summed E-state index contributed by atoms with van der Waals surface area (Å²) in [6.45, 7) is 11.0. The number of hydrogen-bond donors (Lipinski definition) is 0. The van der Waals surface area contributed by atoms with Crippen LogP contribution in [0.25, 0.3) is 0 Å². The van der Waals surface area contributed by atoms with Crippen molar-refractivity contribution >= 4 is 8.80 Å². The van der Waals surface area contributed by atoms with Gasteiger partial charge in [-0.1, -0.05) is 34.6 Å². The smallest absolute Gasteiger partial charge is 0.377 e. The van der Waals surface area contributed by atoms with Gasteiger partial charge in [0.25, 0.3) is 0 Å². The summed E-state index contributed by atoms with van der Waals surface area (Å²) in [7, 11) is 2.45. The number of hydrogen-bond acceptors (Lipinski definition) is 3. The summed E-state index contributed by atoms with van der Waals surface area (Å²) in [4.78, 5) is 0. The first kappa shape index (κ1) is 15.1. The predicted molar refractivity (Wildman–Crippen MR) is 64.8 cm³/mol. The standard InChI is InChI=1S/C11H26O3Si/c1-9(2)10(3)11(4,5)15(12-6,13-7)14-8/h9-10H,1-8H3. The van der Waals surface area contributed by atoms with Crippen LogP contribution >= 0.6 is 0 Å². The first-order valence-electron chi connectivity index (χ1n) is 5.44. The van der Waals surface area contributed by atoms with Gasteiger partial charge in [0.1, 0.15) is 0 Å². The molecule has 0 heterocycles. The summed E-state index contributed by atoms with van der Waals surface area (Å²) in [6, 6.07) is 0. The van der Waals surface area contributed by atoms with Crippen LogP contribution in [0.4, 0.5) is 0 Å². The Kier molecular flexibility index (Phi) is 5.47. The molecule has 0 saturated carbocycles. The van der Waals surface area contributed by atoms with Crippen LogP contribution in [0.5, 0.6) is 0 Å². The topological polar surface area (TPSA) is 27.7 Å². The lowest BCUT2D eigenvalue weighted by Gasteiger charge is -2.43. The monoisotopic (exact) mass is 234 g/mol. The molecule has 0 bridgehead atoms. The Balaban J connectivity index is 5.10. The lowest BCUT2D eigenvalue weighted by molar-refractivity contribution is 0.0750. The molecule has 0 rings (SSSR count). The van der Waals surface area contributed by atoms with Gasteiger partial charge in [-0.25, -0.2) is 0 Å². The van der Waals surface area contributed by atoms with Crippen LogP contribution in [0.3, 0.4) is 0 Å². The molecule has 0 aliphatic heterocycles. The van der Waals surface area contributed by atoms with Gasteiger partial charge in [-0.2, -0.15) is 0 Å². The third-order valence-corrected chi connectivity index (χ3v) is 7.38. The summed E-state index contributed by atoms with van der Waals surface area (Å²) in [5.41, 5.74) is 0. The summed E-state index contributed by atoms with van der Waals surface area (Å²) in [5.74, 6) is 1.05. The van der Waals surface area contributed by atoms with E-state index in [4.69, 9.17) is 13.3 Å². The van der Waals surface area contributed by atoms with E-state index in [2.05, 4.69) is 34.6 Å². The fourth-order valence-corrected chi connectivity index (χ4v) is 5.12. The zero-order valence-corrected chi connectivity index (χ0v) is 12.4. The van der Waals surface area contributed by atoms with E-state index in [1.807, 2.05) is 0 Å². The Labute approximate surface area is 95.5 Å². The molecule has 15 heavy (non-hydrogen) atoms. The van der Waals surface area contributed by atoms with E-state index >= 15 is 0 Å². The van der Waals surface area contributed by atoms with E-state index in [1.54, 1.807) is 21.3 Å². The first-order chi connectivity index (χ1) is 6.79. The molecule has 0 spiro atoms. The molecule has 4 heteroatoms. The Morgan fingerprint density at radius 1 is 0.867 bits per heavy atom. The lowest BCUT2D eigenvalue weighted by atomic mass is 9.86. The predicted octanol–water partition coefficient (Wildman–Crippen LogP) is 2.94. The van der Waals surface area contributed by atoms with E-state index in [0.29, 0.717) is 11.8 Å². The quantitative estimate of drug-likeness (QED) is 0.661. The van der Waals surface area contributed by atoms with Crippen LogP contribution in [-0.4, -0.2) is 30.1 Å². The minimum Gasteiger partial charge on any atom is -0.377 e. The molecule has 0 amide bonds. The van der Waals surface area contributed by atoms with Gasteiger partial charge >= 0.3 is 8.80 Å². The van der Waals surface area contributed by atoms with Crippen molar-refractivity contribution in [3.05, 3.63) is 0 Å². The molecular formula is C11H26O3Si. The van der Waals surface area contributed by atoms with E-state index in [0.717, 1.165) is 0 Å². The second-order valence-electron chi connectivity index (χ2n) is 4.92. The van der Waals surface area contributed by atoms with Crippen molar-refractivity contribution in [1.29, 1.82) is 0 Å². The first-order valence-corrected chi connectivity index (χ1v) is 7.17. The maximum Gasteiger partial charge on any atom is 0.506 e. The Bertz CT molecular complexity index is 180. The second kappa shape index (κ2) is 5.43. The summed E-state index contributed by atoms with van der Waals surface area (Å²) < 4.78 is 16.7. The highest BCUT2D eigenvalue weighted by molar-refractivity contribution is 6.64. The van der Waals surface area contributed by atoms with E-state index in [9.17, 15) is 0 Å². The molecule has 1 atom stereocenters. The zero-order valence-electron chi connectivity index (χ0n) is 11.4. The number of rotatable bonds is 6. The highest BCUT2D eigenvalue weighted by Crippen LogP contribution is 2.47. The molecule has 3 nitrogen and oxygen atoms in total. The molecule has 0 saturated heterocycles. The van der Waals surface area contributed by atoms with Gasteiger partial charge < -0.3 is 13.3 Å². The average Bonchev–Trinajstić information content (AvgIpc) is 2.19. The Hall–Kier alpha value is 0.0969. The van der Waals surface area contributed by atoms with Crippen molar-refractivity contribution in [2.75, 3.05) is 21.3 Å². The Morgan fingerprint density at radius 3 is 1.40 bits per heavy atom. The van der Waals surface area contributed by atoms with Crippen LogP contribution in [0.15, 0.2) is 0 Å². The fraction of sp³-hybridized carbons (Fsp3) is 1.00. The van der Waals surface area contributed by atoms with Crippen molar-refractivity contribution in [3.8, 4) is 0 Å². The van der Waals surface area contributed by atoms with Gasteiger partial charge in [0.15, 0.2) is 0 Å². The third-order valence-electron chi connectivity index (χ3n) is 3.73. The molecule has 0 aliphatic carbocycles.